The van der Waals surface area contributed by atoms with Crippen LogP contribution in [0, 0.1) is 12.8 Å². The number of aryl methyl sites for hydroxylation is 1. The highest BCUT2D eigenvalue weighted by Crippen LogP contribution is 2.36. The van der Waals surface area contributed by atoms with Gasteiger partial charge in [0.05, 0.1) is 19.8 Å². The summed E-state index contributed by atoms with van der Waals surface area (Å²) in [6.07, 6.45) is 0. The number of halogens is 1. The van der Waals surface area contributed by atoms with Crippen molar-refractivity contribution in [2.45, 2.75) is 20.8 Å². The van der Waals surface area contributed by atoms with Crippen LogP contribution in [0.5, 0.6) is 11.5 Å². The molecule has 1 aliphatic heterocycles. The van der Waals surface area contributed by atoms with Crippen LogP contribution in [0.25, 0.3) is 5.57 Å². The number of anilines is 1. The summed E-state index contributed by atoms with van der Waals surface area (Å²) in [7, 11) is 3.07. The quantitative estimate of drug-likeness (QED) is 0.657. The molecule has 2 amide bonds. The van der Waals surface area contributed by atoms with Gasteiger partial charge in [0.15, 0.2) is 11.5 Å². The fourth-order valence-corrected chi connectivity index (χ4v) is 3.48. The number of nitrogens with one attached hydrogen (secondary N) is 1. The lowest BCUT2D eigenvalue weighted by Crippen LogP contribution is -2.35. The molecule has 0 spiro atoms. The van der Waals surface area contributed by atoms with Gasteiger partial charge in [0, 0.05) is 17.3 Å². The minimum absolute atomic E-state index is 0.137. The number of hydrogen-bond acceptors (Lipinski definition) is 5. The van der Waals surface area contributed by atoms with Gasteiger partial charge >= 0.3 is 0 Å². The number of nitrogens with zero attached hydrogens (tertiary/aromatic N) is 1. The number of methoxy groups -OCH3 is 2. The van der Waals surface area contributed by atoms with Crippen LogP contribution in [-0.2, 0) is 9.59 Å². The van der Waals surface area contributed by atoms with Crippen molar-refractivity contribution < 1.29 is 19.1 Å². The summed E-state index contributed by atoms with van der Waals surface area (Å²) in [5, 5.41) is 3.69. The topological polar surface area (TPSA) is 67.9 Å². The third-order valence-corrected chi connectivity index (χ3v) is 5.24. The van der Waals surface area contributed by atoms with Crippen LogP contribution in [0.2, 0.25) is 5.02 Å². The van der Waals surface area contributed by atoms with Gasteiger partial charge in [-0.2, -0.15) is 0 Å². The van der Waals surface area contributed by atoms with Crippen LogP contribution >= 0.6 is 11.6 Å². The minimum Gasteiger partial charge on any atom is -0.493 e. The number of hydrogen-bond donors (Lipinski definition) is 1. The predicted molar refractivity (Wildman–Crippen MR) is 118 cm³/mol. The molecule has 7 heteroatoms. The Morgan fingerprint density at radius 3 is 2.30 bits per heavy atom. The van der Waals surface area contributed by atoms with Gasteiger partial charge in [-0.25, -0.2) is 0 Å². The molecule has 1 heterocycles. The molecule has 1 N–H and O–H groups in total. The predicted octanol–water partition coefficient (Wildman–Crippen LogP) is 4.51. The lowest BCUT2D eigenvalue weighted by Gasteiger charge is -2.17. The van der Waals surface area contributed by atoms with Crippen molar-refractivity contribution in [1.29, 1.82) is 0 Å². The van der Waals surface area contributed by atoms with E-state index in [1.165, 1.54) is 12.0 Å². The molecule has 3 rings (SSSR count). The molecular weight excluding hydrogens is 404 g/mol. The Hall–Kier alpha value is -2.99. The number of rotatable bonds is 7. The Labute approximate surface area is 181 Å². The van der Waals surface area contributed by atoms with E-state index >= 15 is 0 Å². The highest BCUT2D eigenvalue weighted by atomic mass is 35.5. The molecule has 1 aliphatic rings. The van der Waals surface area contributed by atoms with E-state index < -0.39 is 0 Å². The molecule has 30 heavy (non-hydrogen) atoms. The van der Waals surface area contributed by atoms with E-state index in [0.29, 0.717) is 39.9 Å². The lowest BCUT2D eigenvalue weighted by molar-refractivity contribution is -0.137. The monoisotopic (exact) mass is 428 g/mol. The molecule has 0 radical (unpaired) electrons. The zero-order valence-corrected chi connectivity index (χ0v) is 18.5. The lowest BCUT2D eigenvalue weighted by atomic mass is 10.0. The van der Waals surface area contributed by atoms with Crippen molar-refractivity contribution in [3.05, 3.63) is 58.2 Å². The third kappa shape index (κ3) is 4.14. The summed E-state index contributed by atoms with van der Waals surface area (Å²) in [6, 6.07) is 10.6. The maximum Gasteiger partial charge on any atom is 0.278 e. The van der Waals surface area contributed by atoms with Gasteiger partial charge in [0.25, 0.3) is 11.8 Å². The Morgan fingerprint density at radius 1 is 1.00 bits per heavy atom. The van der Waals surface area contributed by atoms with Crippen molar-refractivity contribution in [1.82, 2.24) is 4.90 Å². The van der Waals surface area contributed by atoms with E-state index in [-0.39, 0.29) is 23.4 Å². The molecule has 0 unspecified atom stereocenters. The maximum atomic E-state index is 13.2. The molecule has 2 aromatic carbocycles. The van der Waals surface area contributed by atoms with Gasteiger partial charge < -0.3 is 14.8 Å². The highest BCUT2D eigenvalue weighted by Gasteiger charge is 2.39. The fourth-order valence-electron chi connectivity index (χ4n) is 3.30. The second-order valence-electron chi connectivity index (χ2n) is 7.52. The van der Waals surface area contributed by atoms with Gasteiger partial charge in [-0.15, -0.1) is 0 Å². The first-order valence-corrected chi connectivity index (χ1v) is 10.0. The number of benzene rings is 2. The van der Waals surface area contributed by atoms with Gasteiger partial charge in [-0.05, 0) is 48.2 Å². The van der Waals surface area contributed by atoms with Crippen LogP contribution in [0.4, 0.5) is 5.69 Å². The van der Waals surface area contributed by atoms with E-state index in [9.17, 15) is 9.59 Å². The molecule has 2 aromatic rings. The van der Waals surface area contributed by atoms with Gasteiger partial charge in [-0.3, -0.25) is 14.5 Å². The molecule has 0 bridgehead atoms. The maximum absolute atomic E-state index is 13.2. The van der Waals surface area contributed by atoms with Gasteiger partial charge in [-0.1, -0.05) is 37.6 Å². The van der Waals surface area contributed by atoms with E-state index in [2.05, 4.69) is 5.32 Å². The molecule has 0 aromatic heterocycles. The molecule has 6 nitrogen and oxygen atoms in total. The summed E-state index contributed by atoms with van der Waals surface area (Å²) in [5.41, 5.74) is 2.63. The van der Waals surface area contributed by atoms with E-state index in [1.807, 2.05) is 32.9 Å². The van der Waals surface area contributed by atoms with Crippen LogP contribution in [0.15, 0.2) is 42.1 Å². The Morgan fingerprint density at radius 2 is 1.70 bits per heavy atom. The molecule has 0 atom stereocenters. The van der Waals surface area contributed by atoms with Crippen molar-refractivity contribution in [2.75, 3.05) is 26.1 Å². The Kier molecular flexibility index (Phi) is 6.37. The molecular formula is C23H25ClN2O4. The van der Waals surface area contributed by atoms with Crippen molar-refractivity contribution in [3.8, 4) is 11.5 Å². The third-order valence-electron chi connectivity index (χ3n) is 4.83. The number of carbonyl (C=O) groups excluding carboxylic acids is 2. The number of imide groups is 1. The van der Waals surface area contributed by atoms with Crippen LogP contribution in [-0.4, -0.2) is 37.5 Å². The van der Waals surface area contributed by atoms with Crippen LogP contribution < -0.4 is 14.8 Å². The van der Waals surface area contributed by atoms with E-state index in [4.69, 9.17) is 21.1 Å². The molecule has 0 fully saturated rings. The van der Waals surface area contributed by atoms with Crippen molar-refractivity contribution >= 4 is 34.7 Å². The van der Waals surface area contributed by atoms with Crippen molar-refractivity contribution in [2.24, 2.45) is 5.92 Å². The normalized spacial score (nSPS) is 14.0. The molecule has 0 aliphatic carbocycles. The van der Waals surface area contributed by atoms with Gasteiger partial charge in [0.1, 0.15) is 5.70 Å². The number of carbonyl (C=O) groups is 2. The number of ether oxygens (including phenoxy) is 2. The van der Waals surface area contributed by atoms with Crippen molar-refractivity contribution in [3.63, 3.8) is 0 Å². The zero-order valence-electron chi connectivity index (χ0n) is 17.7. The Balaban J connectivity index is 2.11. The molecule has 0 saturated carbocycles. The van der Waals surface area contributed by atoms with E-state index in [0.717, 1.165) is 5.56 Å². The second kappa shape index (κ2) is 8.79. The second-order valence-corrected chi connectivity index (χ2v) is 7.93. The fraction of sp³-hybridized carbons (Fsp3) is 0.304. The van der Waals surface area contributed by atoms with E-state index in [1.54, 1.807) is 31.4 Å². The van der Waals surface area contributed by atoms with Crippen LogP contribution in [0.3, 0.4) is 0 Å². The van der Waals surface area contributed by atoms with Gasteiger partial charge in [0.2, 0.25) is 0 Å². The summed E-state index contributed by atoms with van der Waals surface area (Å²) < 4.78 is 10.7. The summed E-state index contributed by atoms with van der Waals surface area (Å²) in [5.74, 6) is 0.440. The average molecular weight is 429 g/mol. The number of amides is 2. The summed E-state index contributed by atoms with van der Waals surface area (Å²) in [6.45, 7) is 6.15. The first-order valence-electron chi connectivity index (χ1n) is 9.62. The zero-order chi connectivity index (χ0) is 22.0. The Bertz CT molecular complexity index is 1030. The van der Waals surface area contributed by atoms with Crippen LogP contribution in [0.1, 0.15) is 25.0 Å². The first-order chi connectivity index (χ1) is 14.3. The minimum atomic E-state index is -0.366. The average Bonchev–Trinajstić information content (AvgIpc) is 2.94. The summed E-state index contributed by atoms with van der Waals surface area (Å²) >= 11 is 6.24. The highest BCUT2D eigenvalue weighted by molar-refractivity contribution is 6.36. The smallest absolute Gasteiger partial charge is 0.278 e. The SMILES string of the molecule is COc1ccc(C2=C(Nc3ccc(C)c(Cl)c3)C(=O)N(CC(C)C)C2=O)cc1OC. The molecule has 0 saturated heterocycles. The first kappa shape index (κ1) is 21.7. The summed E-state index contributed by atoms with van der Waals surface area (Å²) in [4.78, 5) is 27.7. The standard InChI is InChI=1S/C23H25ClN2O4/c1-13(2)12-26-22(27)20(15-7-9-18(29-4)19(10-15)30-5)21(23(26)28)25-16-8-6-14(3)17(24)11-16/h6-11,13,25H,12H2,1-5H3. The molecule has 158 valence electrons. The largest absolute Gasteiger partial charge is 0.493 e.